The van der Waals surface area contributed by atoms with E-state index in [1.54, 1.807) is 0 Å². The molecule has 1 unspecified atom stereocenters. The summed E-state index contributed by atoms with van der Waals surface area (Å²) in [4.78, 5) is -0.0296. The number of benzene rings is 1. The van der Waals surface area contributed by atoms with E-state index in [9.17, 15) is 13.5 Å². The molecule has 0 amide bonds. The number of aliphatic hydroxyl groups excluding tert-OH is 1. The van der Waals surface area contributed by atoms with Crippen molar-refractivity contribution in [2.75, 3.05) is 7.05 Å². The summed E-state index contributed by atoms with van der Waals surface area (Å²) in [6.45, 7) is 3.50. The van der Waals surface area contributed by atoms with Crippen LogP contribution in [-0.2, 0) is 16.6 Å². The monoisotopic (exact) mass is 339 g/mol. The molecular formula is C13H19Cl2NO3S. The lowest BCUT2D eigenvalue weighted by molar-refractivity contribution is 0.281. The minimum Gasteiger partial charge on any atom is -0.392 e. The van der Waals surface area contributed by atoms with Gasteiger partial charge in [-0.1, -0.05) is 36.5 Å². The van der Waals surface area contributed by atoms with Crippen molar-refractivity contribution in [2.24, 2.45) is 0 Å². The lowest BCUT2D eigenvalue weighted by atomic mass is 10.2. The van der Waals surface area contributed by atoms with Gasteiger partial charge in [0.15, 0.2) is 0 Å². The van der Waals surface area contributed by atoms with Gasteiger partial charge in [0.25, 0.3) is 0 Å². The average molecular weight is 340 g/mol. The molecule has 0 heterocycles. The van der Waals surface area contributed by atoms with Gasteiger partial charge in [-0.2, -0.15) is 4.31 Å². The smallest absolute Gasteiger partial charge is 0.244 e. The second-order valence-electron chi connectivity index (χ2n) is 4.69. The molecule has 20 heavy (non-hydrogen) atoms. The highest BCUT2D eigenvalue weighted by atomic mass is 35.5. The van der Waals surface area contributed by atoms with Gasteiger partial charge in [0.05, 0.1) is 11.6 Å². The quantitative estimate of drug-likeness (QED) is 0.864. The number of halogens is 2. The van der Waals surface area contributed by atoms with Crippen molar-refractivity contribution in [3.63, 3.8) is 0 Å². The molecule has 7 heteroatoms. The Morgan fingerprint density at radius 2 is 1.90 bits per heavy atom. The van der Waals surface area contributed by atoms with E-state index in [1.807, 2.05) is 13.8 Å². The minimum absolute atomic E-state index is 0.0296. The van der Waals surface area contributed by atoms with Crippen LogP contribution in [0.15, 0.2) is 17.0 Å². The molecule has 0 fully saturated rings. The van der Waals surface area contributed by atoms with Gasteiger partial charge < -0.3 is 5.11 Å². The van der Waals surface area contributed by atoms with Crippen LogP contribution in [-0.4, -0.2) is 30.9 Å². The highest BCUT2D eigenvalue weighted by Gasteiger charge is 2.28. The zero-order chi connectivity index (χ0) is 15.5. The van der Waals surface area contributed by atoms with Gasteiger partial charge >= 0.3 is 0 Å². The van der Waals surface area contributed by atoms with E-state index in [2.05, 4.69) is 0 Å². The van der Waals surface area contributed by atoms with E-state index < -0.39 is 10.0 Å². The molecule has 0 aliphatic rings. The molecule has 0 spiro atoms. The zero-order valence-corrected chi connectivity index (χ0v) is 14.1. The number of rotatable bonds is 6. The predicted octanol–water partition coefficient (Wildman–Crippen LogP) is 3.29. The van der Waals surface area contributed by atoms with Gasteiger partial charge in [0.1, 0.15) is 4.90 Å². The molecule has 1 rings (SSSR count). The molecule has 1 aromatic rings. The zero-order valence-electron chi connectivity index (χ0n) is 11.7. The first kappa shape index (κ1) is 17.7. The Hall–Kier alpha value is -0.330. The molecule has 0 saturated carbocycles. The summed E-state index contributed by atoms with van der Waals surface area (Å²) in [5, 5.41) is 9.50. The summed E-state index contributed by atoms with van der Waals surface area (Å²) < 4.78 is 26.4. The third kappa shape index (κ3) is 3.65. The summed E-state index contributed by atoms with van der Waals surface area (Å²) >= 11 is 11.9. The Balaban J connectivity index is 3.28. The van der Waals surface area contributed by atoms with Crippen LogP contribution in [0.4, 0.5) is 0 Å². The summed E-state index contributed by atoms with van der Waals surface area (Å²) in [5.74, 6) is 0. The normalized spacial score (nSPS) is 13.8. The minimum atomic E-state index is -3.71. The Kier molecular flexibility index (Phi) is 6.28. The van der Waals surface area contributed by atoms with Gasteiger partial charge in [-0.05, 0) is 31.0 Å². The van der Waals surface area contributed by atoms with Gasteiger partial charge in [0.2, 0.25) is 10.0 Å². The Bertz CT molecular complexity index is 575. The van der Waals surface area contributed by atoms with Crippen molar-refractivity contribution >= 4 is 33.2 Å². The van der Waals surface area contributed by atoms with Gasteiger partial charge in [-0.25, -0.2) is 8.42 Å². The van der Waals surface area contributed by atoms with E-state index in [4.69, 9.17) is 23.2 Å². The maximum Gasteiger partial charge on any atom is 0.244 e. The van der Waals surface area contributed by atoms with Crippen molar-refractivity contribution in [3.05, 3.63) is 27.7 Å². The lowest BCUT2D eigenvalue weighted by Crippen LogP contribution is -2.35. The molecule has 4 nitrogen and oxygen atoms in total. The number of hydrogen-bond acceptors (Lipinski definition) is 3. The molecule has 0 saturated heterocycles. The fourth-order valence-electron chi connectivity index (χ4n) is 1.88. The SMILES string of the molecule is CCCC(C)N(C)S(=O)(=O)c1cc(CO)c(Cl)cc1Cl. The van der Waals surface area contributed by atoms with E-state index in [1.165, 1.54) is 23.5 Å². The summed E-state index contributed by atoms with van der Waals surface area (Å²) in [6, 6.07) is 2.55. The lowest BCUT2D eigenvalue weighted by Gasteiger charge is -2.24. The van der Waals surface area contributed by atoms with Crippen LogP contribution in [0.3, 0.4) is 0 Å². The van der Waals surface area contributed by atoms with E-state index in [-0.39, 0.29) is 27.6 Å². The largest absolute Gasteiger partial charge is 0.392 e. The van der Waals surface area contributed by atoms with Crippen LogP contribution in [0.25, 0.3) is 0 Å². The van der Waals surface area contributed by atoms with Crippen LogP contribution in [0.5, 0.6) is 0 Å². The van der Waals surface area contributed by atoms with Gasteiger partial charge in [0, 0.05) is 18.1 Å². The van der Waals surface area contributed by atoms with Crippen molar-refractivity contribution in [2.45, 2.75) is 44.2 Å². The molecule has 1 atom stereocenters. The van der Waals surface area contributed by atoms with Crippen LogP contribution >= 0.6 is 23.2 Å². The molecule has 0 aliphatic carbocycles. The molecule has 0 radical (unpaired) electrons. The van der Waals surface area contributed by atoms with Crippen LogP contribution in [0.1, 0.15) is 32.3 Å². The maximum atomic E-state index is 12.6. The summed E-state index contributed by atoms with van der Waals surface area (Å²) in [6.07, 6.45) is 1.64. The van der Waals surface area contributed by atoms with Crippen molar-refractivity contribution in [1.82, 2.24) is 4.31 Å². The van der Waals surface area contributed by atoms with E-state index in [0.717, 1.165) is 12.8 Å². The number of nitrogens with zero attached hydrogens (tertiary/aromatic N) is 1. The number of sulfonamides is 1. The first-order valence-corrected chi connectivity index (χ1v) is 8.52. The topological polar surface area (TPSA) is 57.6 Å². The second kappa shape index (κ2) is 7.09. The molecule has 1 aromatic carbocycles. The second-order valence-corrected chi connectivity index (χ2v) is 7.47. The first-order valence-electron chi connectivity index (χ1n) is 6.32. The molecule has 0 aromatic heterocycles. The maximum absolute atomic E-state index is 12.6. The van der Waals surface area contributed by atoms with E-state index in [0.29, 0.717) is 5.56 Å². The third-order valence-corrected chi connectivity index (χ3v) is 6.04. The fourth-order valence-corrected chi connectivity index (χ4v) is 4.10. The van der Waals surface area contributed by atoms with Crippen LogP contribution in [0.2, 0.25) is 10.0 Å². The highest BCUT2D eigenvalue weighted by molar-refractivity contribution is 7.89. The van der Waals surface area contributed by atoms with Gasteiger partial charge in [-0.3, -0.25) is 0 Å². The predicted molar refractivity (Wildman–Crippen MR) is 81.7 cm³/mol. The highest BCUT2D eigenvalue weighted by Crippen LogP contribution is 2.31. The molecule has 0 bridgehead atoms. The average Bonchev–Trinajstić information content (AvgIpc) is 2.37. The molecule has 0 aliphatic heterocycles. The summed E-state index contributed by atoms with van der Waals surface area (Å²) in [7, 11) is -2.18. The third-order valence-electron chi connectivity index (χ3n) is 3.26. The van der Waals surface area contributed by atoms with E-state index >= 15 is 0 Å². The first-order chi connectivity index (χ1) is 9.25. The number of hydrogen-bond donors (Lipinski definition) is 1. The molecule has 114 valence electrons. The Labute approximate surface area is 130 Å². The Morgan fingerprint density at radius 1 is 1.30 bits per heavy atom. The Morgan fingerprint density at radius 3 is 2.40 bits per heavy atom. The summed E-state index contributed by atoms with van der Waals surface area (Å²) in [5.41, 5.74) is 0.339. The molecule has 1 N–H and O–H groups in total. The van der Waals surface area contributed by atoms with Gasteiger partial charge in [-0.15, -0.1) is 0 Å². The van der Waals surface area contributed by atoms with Crippen LogP contribution in [0, 0.1) is 0 Å². The van der Waals surface area contributed by atoms with Crippen LogP contribution < -0.4 is 0 Å². The van der Waals surface area contributed by atoms with Crippen molar-refractivity contribution in [1.29, 1.82) is 0 Å². The standard InChI is InChI=1S/C13H19Cl2NO3S/c1-4-5-9(2)16(3)20(18,19)13-6-10(8-17)11(14)7-12(13)15/h6-7,9,17H,4-5,8H2,1-3H3. The molecular weight excluding hydrogens is 321 g/mol. The fraction of sp³-hybridized carbons (Fsp3) is 0.538. The van der Waals surface area contributed by atoms with Crippen molar-refractivity contribution < 1.29 is 13.5 Å². The van der Waals surface area contributed by atoms with Crippen molar-refractivity contribution in [3.8, 4) is 0 Å². The number of aliphatic hydroxyl groups is 1.